The van der Waals surface area contributed by atoms with E-state index in [-0.39, 0.29) is 118 Å². The Kier molecular flexibility index (Phi) is 73.6. The van der Waals surface area contributed by atoms with Gasteiger partial charge in [0.1, 0.15) is 8.62 Å². The van der Waals surface area contributed by atoms with Gasteiger partial charge in [-0.1, -0.05) is 6.58 Å². The van der Waals surface area contributed by atoms with Crippen molar-refractivity contribution in [2.75, 3.05) is 0 Å². The minimum Gasteiger partial charge on any atom is -0.563 e. The third-order valence-electron chi connectivity index (χ3n) is 0.267. The van der Waals surface area contributed by atoms with Gasteiger partial charge in [-0.2, -0.15) is 0 Å². The zero-order valence-electron chi connectivity index (χ0n) is 11.6. The molecule has 0 bridgehead atoms. The smallest absolute Gasteiger partial charge is 0.563 e. The van der Waals surface area contributed by atoms with Gasteiger partial charge in [-0.15, -0.1) is 0 Å². The largest absolute Gasteiger partial charge is 1.00 e. The molecule has 0 aliphatic heterocycles. The van der Waals surface area contributed by atoms with E-state index >= 15 is 0 Å². The second-order valence-electron chi connectivity index (χ2n) is 1.24. The molecule has 0 heterocycles. The Bertz CT molecular complexity index is 250. The molecule has 11 nitrogen and oxygen atoms in total. The fourth-order valence-corrected chi connectivity index (χ4v) is 0.980. The molecular formula is C2H4Na4O11P4+4. The number of aliphatic hydroxyl groups excluding tert-OH is 1. The monoisotopic (exact) mass is 420 g/mol. The van der Waals surface area contributed by atoms with Crippen LogP contribution < -0.4 is 138 Å². The summed E-state index contributed by atoms with van der Waals surface area (Å²) in [5.41, 5.74) is 0. The van der Waals surface area contributed by atoms with E-state index in [1.165, 1.54) is 0 Å². The van der Waals surface area contributed by atoms with Crippen LogP contribution in [0.3, 0.4) is 0 Å². The zero-order valence-corrected chi connectivity index (χ0v) is 23.2. The van der Waals surface area contributed by atoms with Crippen LogP contribution in [0.2, 0.25) is 0 Å². The minimum atomic E-state index is -3.24. The van der Waals surface area contributed by atoms with E-state index < -0.39 is 33.0 Å². The van der Waals surface area contributed by atoms with Crippen LogP contribution in [0.25, 0.3) is 0 Å². The quantitative estimate of drug-likeness (QED) is 0.257. The van der Waals surface area contributed by atoms with Gasteiger partial charge in [-0.25, -0.2) is 0 Å². The fourth-order valence-electron chi connectivity index (χ4n) is 0.109. The van der Waals surface area contributed by atoms with E-state index in [9.17, 15) is 37.8 Å². The van der Waals surface area contributed by atoms with Crippen LogP contribution in [0.1, 0.15) is 0 Å². The van der Waals surface area contributed by atoms with E-state index in [2.05, 4.69) is 15.2 Å². The van der Waals surface area contributed by atoms with E-state index in [4.69, 9.17) is 5.11 Å². The first-order valence-corrected chi connectivity index (χ1v) is 7.24. The molecule has 0 aromatic carbocycles. The molecule has 0 radical (unpaired) electrons. The van der Waals surface area contributed by atoms with Crippen LogP contribution in [0, 0.1) is 0 Å². The Morgan fingerprint density at radius 2 is 0.810 bits per heavy atom. The molecule has 1 N–H and O–H groups in total. The van der Waals surface area contributed by atoms with Gasteiger partial charge < -0.3 is 24.7 Å². The van der Waals surface area contributed by atoms with Crippen molar-refractivity contribution in [1.29, 1.82) is 0 Å². The number of rotatable bonds is 4. The number of hydrogen-bond donors (Lipinski definition) is 1. The molecule has 0 aromatic heterocycles. The molecule has 4 unspecified atom stereocenters. The summed E-state index contributed by atoms with van der Waals surface area (Å²) >= 11 is 0. The fraction of sp³-hybridized carbons (Fsp3) is 0. The Morgan fingerprint density at radius 3 is 0.810 bits per heavy atom. The second-order valence-corrected chi connectivity index (χ2v) is 4.34. The summed E-state index contributed by atoms with van der Waals surface area (Å²) in [6.45, 7) is 2.92. The maximum atomic E-state index is 9.24. The topological polar surface area (TPSA) is 199 Å². The molecule has 0 spiro atoms. The van der Waals surface area contributed by atoms with Crippen molar-refractivity contribution in [3.05, 3.63) is 12.8 Å². The van der Waals surface area contributed by atoms with E-state index in [1.54, 1.807) is 0 Å². The molecule has 0 aromatic rings. The third-order valence-corrected chi connectivity index (χ3v) is 2.40. The summed E-state index contributed by atoms with van der Waals surface area (Å²) in [4.78, 5) is 37.0. The zero-order chi connectivity index (χ0) is 14.4. The summed E-state index contributed by atoms with van der Waals surface area (Å²) < 4.78 is 43.3. The SMILES string of the molecule is C=CO.O=[P+]([O-])O[P+](=O)[O-].O=[P+]([O-])O[P+](=O)[O-].[Na+].[Na+].[Na+].[Na+]. The van der Waals surface area contributed by atoms with Gasteiger partial charge >= 0.3 is 151 Å². The van der Waals surface area contributed by atoms with Crippen molar-refractivity contribution in [1.82, 2.24) is 0 Å². The molecule has 0 amide bonds. The predicted octanol–water partition coefficient (Wildman–Crippen LogP) is -13.2. The predicted molar refractivity (Wildman–Crippen MR) is 45.4 cm³/mol. The summed E-state index contributed by atoms with van der Waals surface area (Å²) in [6.07, 6.45) is 0.750. The van der Waals surface area contributed by atoms with Gasteiger partial charge in [0.15, 0.2) is 0 Å². The van der Waals surface area contributed by atoms with Gasteiger partial charge in [0.25, 0.3) is 0 Å². The van der Waals surface area contributed by atoms with E-state index in [0.717, 1.165) is 6.26 Å². The molecule has 19 heteroatoms. The standard InChI is InChI=1S/C2H4O.4Na.2O5P2/c1-2-3;;;;;2*1-6(2)5-7(3)4/h2-3H,1H2;;;;;;/q;4*+1;;. The molecule has 0 aliphatic rings. The van der Waals surface area contributed by atoms with Crippen molar-refractivity contribution in [3.8, 4) is 0 Å². The maximum absolute atomic E-state index is 9.24. The molecule has 98 valence electrons. The molecule has 0 rings (SSSR count). The minimum absolute atomic E-state index is 0. The van der Waals surface area contributed by atoms with Crippen LogP contribution in [0.5, 0.6) is 0 Å². The third kappa shape index (κ3) is 81.5. The van der Waals surface area contributed by atoms with E-state index in [1.807, 2.05) is 0 Å². The first-order valence-electron chi connectivity index (χ1n) is 2.86. The first-order chi connectivity index (χ1) is 7.67. The first kappa shape index (κ1) is 44.3. The molecule has 0 aliphatic carbocycles. The van der Waals surface area contributed by atoms with Crippen LogP contribution in [-0.4, -0.2) is 5.11 Å². The normalized spacial score (nSPS) is 9.52. The second kappa shape index (κ2) is 34.9. The Labute approximate surface area is 212 Å². The van der Waals surface area contributed by atoms with E-state index in [0.29, 0.717) is 0 Å². The van der Waals surface area contributed by atoms with Crippen molar-refractivity contribution in [2.45, 2.75) is 0 Å². The van der Waals surface area contributed by atoms with Crippen molar-refractivity contribution in [2.24, 2.45) is 0 Å². The summed E-state index contributed by atoms with van der Waals surface area (Å²) in [6, 6.07) is 0. The summed E-state index contributed by atoms with van der Waals surface area (Å²) in [5, 5.41) is 7.33. The maximum Gasteiger partial charge on any atom is 1.00 e. The van der Waals surface area contributed by atoms with Crippen molar-refractivity contribution < 1.29 is 170 Å². The van der Waals surface area contributed by atoms with Crippen LogP contribution in [0.15, 0.2) is 12.8 Å². The van der Waals surface area contributed by atoms with Gasteiger partial charge in [0.2, 0.25) is 0 Å². The van der Waals surface area contributed by atoms with Crippen molar-refractivity contribution in [3.63, 3.8) is 0 Å². The number of aliphatic hydroxyl groups is 1. The number of hydrogen-bond acceptors (Lipinski definition) is 11. The molecule has 0 saturated heterocycles. The Hall–Kier alpha value is 3.70. The van der Waals surface area contributed by atoms with Crippen LogP contribution in [-0.2, 0) is 26.9 Å². The average molecular weight is 420 g/mol. The molecule has 0 saturated carbocycles. The van der Waals surface area contributed by atoms with Gasteiger partial charge in [-0.05, 0) is 18.3 Å². The Morgan fingerprint density at radius 1 is 0.714 bits per heavy atom. The Balaban J connectivity index is -0.0000000271. The average Bonchev–Trinajstić information content (AvgIpc) is 1.99. The van der Waals surface area contributed by atoms with Gasteiger partial charge in [0.05, 0.1) is 6.26 Å². The van der Waals surface area contributed by atoms with Gasteiger partial charge in [-0.3, -0.25) is 0 Å². The molecule has 4 atom stereocenters. The van der Waals surface area contributed by atoms with Gasteiger partial charge in [0, 0.05) is 0 Å². The summed E-state index contributed by atoms with van der Waals surface area (Å²) in [7, 11) is -12.9. The summed E-state index contributed by atoms with van der Waals surface area (Å²) in [5.74, 6) is 0. The van der Waals surface area contributed by atoms with Crippen LogP contribution >= 0.6 is 33.0 Å². The van der Waals surface area contributed by atoms with Crippen LogP contribution in [0.4, 0.5) is 0 Å². The molecule has 21 heavy (non-hydrogen) atoms. The molecule has 0 fully saturated rings. The molecular weight excluding hydrogens is 416 g/mol. The van der Waals surface area contributed by atoms with Crippen molar-refractivity contribution >= 4 is 33.0 Å².